The van der Waals surface area contributed by atoms with E-state index >= 15 is 0 Å². The first kappa shape index (κ1) is 20.8. The molecule has 154 valence electrons. The number of piperidine rings is 1. The molecular weight excluding hydrogens is 402 g/mol. The second kappa shape index (κ2) is 8.22. The average Bonchev–Trinajstić information content (AvgIpc) is 3.04. The molecule has 28 heavy (non-hydrogen) atoms. The lowest BCUT2D eigenvalue weighted by Crippen LogP contribution is -2.47. The van der Waals surface area contributed by atoms with Crippen LogP contribution < -0.4 is 14.3 Å². The summed E-state index contributed by atoms with van der Waals surface area (Å²) in [6.07, 6.45) is 3.18. The smallest absolute Gasteiger partial charge is 0.266 e. The van der Waals surface area contributed by atoms with Crippen LogP contribution in [0.3, 0.4) is 0 Å². The number of hydrogen-bond acceptors (Lipinski definition) is 6. The monoisotopic (exact) mass is 427 g/mol. The number of fused-ring (bicyclic) bond motifs is 1. The lowest BCUT2D eigenvalue weighted by molar-refractivity contribution is -0.122. The summed E-state index contributed by atoms with van der Waals surface area (Å²) in [7, 11) is -0.286. The quantitative estimate of drug-likeness (QED) is 0.728. The number of hydrogen-bond donors (Lipinski definition) is 0. The van der Waals surface area contributed by atoms with Gasteiger partial charge in [-0.15, -0.1) is 0 Å². The summed E-state index contributed by atoms with van der Waals surface area (Å²) in [5, 5.41) is 0. The van der Waals surface area contributed by atoms with Crippen molar-refractivity contribution in [2.24, 2.45) is 4.99 Å². The van der Waals surface area contributed by atoms with Crippen LogP contribution in [-0.4, -0.2) is 56.3 Å². The van der Waals surface area contributed by atoms with Gasteiger partial charge in [0.1, 0.15) is 27.8 Å². The molecule has 8 nitrogen and oxygen atoms in total. The second-order valence-electron chi connectivity index (χ2n) is 6.61. The van der Waals surface area contributed by atoms with Crippen LogP contribution >= 0.6 is 11.3 Å². The number of sulfonamides is 1. The van der Waals surface area contributed by atoms with E-state index in [2.05, 4.69) is 4.99 Å². The van der Waals surface area contributed by atoms with Gasteiger partial charge in [0, 0.05) is 13.1 Å². The van der Waals surface area contributed by atoms with Crippen LogP contribution in [-0.2, 0) is 21.4 Å². The van der Waals surface area contributed by atoms with Crippen LogP contribution in [0.4, 0.5) is 0 Å². The highest BCUT2D eigenvalue weighted by atomic mass is 32.2. The molecule has 1 aliphatic rings. The highest BCUT2D eigenvalue weighted by Crippen LogP contribution is 2.35. The normalized spacial score (nSPS) is 19.1. The van der Waals surface area contributed by atoms with E-state index in [0.717, 1.165) is 29.3 Å². The third-order valence-electron chi connectivity index (χ3n) is 4.88. The van der Waals surface area contributed by atoms with E-state index in [4.69, 9.17) is 9.47 Å². The van der Waals surface area contributed by atoms with E-state index < -0.39 is 22.0 Å². The summed E-state index contributed by atoms with van der Waals surface area (Å²) < 4.78 is 39.1. The average molecular weight is 428 g/mol. The van der Waals surface area contributed by atoms with Crippen LogP contribution in [0.5, 0.6) is 11.5 Å². The Morgan fingerprint density at radius 1 is 1.25 bits per heavy atom. The van der Waals surface area contributed by atoms with Gasteiger partial charge in [0.25, 0.3) is 5.91 Å². The van der Waals surface area contributed by atoms with Gasteiger partial charge < -0.3 is 14.0 Å². The van der Waals surface area contributed by atoms with E-state index in [1.165, 1.54) is 15.6 Å². The molecule has 2 heterocycles. The van der Waals surface area contributed by atoms with Gasteiger partial charge in [0.2, 0.25) is 10.0 Å². The highest BCUT2D eigenvalue weighted by Gasteiger charge is 2.34. The fourth-order valence-corrected chi connectivity index (χ4v) is 5.88. The third kappa shape index (κ3) is 3.81. The van der Waals surface area contributed by atoms with E-state index in [-0.39, 0.29) is 0 Å². The zero-order valence-electron chi connectivity index (χ0n) is 16.5. The Hall–Kier alpha value is -1.91. The number of benzene rings is 1. The molecule has 0 saturated carbocycles. The van der Waals surface area contributed by atoms with Crippen molar-refractivity contribution in [3.63, 3.8) is 0 Å². The number of thiazole rings is 1. The van der Waals surface area contributed by atoms with Crippen molar-refractivity contribution in [3.8, 4) is 11.5 Å². The molecule has 1 aromatic heterocycles. The van der Waals surface area contributed by atoms with Crippen molar-refractivity contribution < 1.29 is 22.7 Å². The molecule has 0 spiro atoms. The number of aromatic nitrogens is 1. The molecule has 2 aromatic rings. The minimum absolute atomic E-state index is 0.354. The second-order valence-corrected chi connectivity index (χ2v) is 9.52. The molecular formula is C18H25N3O5S2. The van der Waals surface area contributed by atoms with E-state index in [0.29, 0.717) is 35.8 Å². The van der Waals surface area contributed by atoms with Crippen LogP contribution in [0.15, 0.2) is 17.1 Å². The van der Waals surface area contributed by atoms with Gasteiger partial charge in [-0.05, 0) is 31.9 Å². The first-order valence-electron chi connectivity index (χ1n) is 9.11. The van der Waals surface area contributed by atoms with Gasteiger partial charge in [-0.25, -0.2) is 8.42 Å². The largest absolute Gasteiger partial charge is 0.495 e. The zero-order chi connectivity index (χ0) is 20.5. The van der Waals surface area contributed by atoms with Crippen molar-refractivity contribution in [2.45, 2.75) is 38.8 Å². The lowest BCUT2D eigenvalue weighted by atomic mass is 10.0. The Bertz CT molecular complexity index is 1060. The number of carbonyl (C=O) groups excluding carboxylic acids is 1. The Labute approximate surface area is 168 Å². The molecule has 0 bridgehead atoms. The Kier molecular flexibility index (Phi) is 6.11. The van der Waals surface area contributed by atoms with Gasteiger partial charge >= 0.3 is 0 Å². The predicted molar refractivity (Wildman–Crippen MR) is 108 cm³/mol. The van der Waals surface area contributed by atoms with Crippen LogP contribution in [0, 0.1) is 0 Å². The number of amides is 1. The van der Waals surface area contributed by atoms with Gasteiger partial charge in [-0.1, -0.05) is 17.8 Å². The molecule has 0 N–H and O–H groups in total. The first-order chi connectivity index (χ1) is 13.3. The number of carbonyl (C=O) groups is 1. The van der Waals surface area contributed by atoms with E-state index in [1.807, 2.05) is 23.6 Å². The summed E-state index contributed by atoms with van der Waals surface area (Å²) >= 11 is 1.33. The molecule has 1 fully saturated rings. The van der Waals surface area contributed by atoms with Gasteiger partial charge in [-0.2, -0.15) is 9.30 Å². The summed E-state index contributed by atoms with van der Waals surface area (Å²) in [6, 6.07) is 2.89. The van der Waals surface area contributed by atoms with Crippen LogP contribution in [0.1, 0.15) is 26.2 Å². The van der Waals surface area contributed by atoms with E-state index in [9.17, 15) is 13.2 Å². The van der Waals surface area contributed by atoms with Crippen molar-refractivity contribution in [2.75, 3.05) is 27.0 Å². The Morgan fingerprint density at radius 2 is 1.93 bits per heavy atom. The van der Waals surface area contributed by atoms with Crippen LogP contribution in [0.25, 0.3) is 10.2 Å². The molecule has 1 amide bonds. The standard InChI is InChI=1S/C18H25N3O5S2/c1-5-20-15-13(25-2)9-10-14(26-3)16(15)27-18(20)19-17(22)12-8-6-7-11-21(12)28(4,23)24/h9-10,12H,5-8,11H2,1-4H3. The Balaban J connectivity index is 2.14. The topological polar surface area (TPSA) is 90.2 Å². The molecule has 1 aromatic carbocycles. The van der Waals surface area contributed by atoms with Gasteiger partial charge in [0.05, 0.1) is 20.5 Å². The van der Waals surface area contributed by atoms with Gasteiger partial charge in [-0.3, -0.25) is 4.79 Å². The molecule has 1 unspecified atom stereocenters. The fourth-order valence-electron chi connectivity index (χ4n) is 3.55. The minimum atomic E-state index is -3.46. The molecule has 1 saturated heterocycles. The molecule has 0 radical (unpaired) electrons. The zero-order valence-corrected chi connectivity index (χ0v) is 18.1. The first-order valence-corrected chi connectivity index (χ1v) is 11.8. The third-order valence-corrected chi connectivity index (χ3v) is 7.26. The summed E-state index contributed by atoms with van der Waals surface area (Å²) in [5.74, 6) is 0.905. The fraction of sp³-hybridized carbons (Fsp3) is 0.556. The minimum Gasteiger partial charge on any atom is -0.495 e. The van der Waals surface area contributed by atoms with E-state index in [1.54, 1.807) is 14.2 Å². The van der Waals surface area contributed by atoms with Crippen LogP contribution in [0.2, 0.25) is 0 Å². The Morgan fingerprint density at radius 3 is 2.54 bits per heavy atom. The van der Waals surface area contributed by atoms with Crippen molar-refractivity contribution >= 4 is 37.5 Å². The maximum Gasteiger partial charge on any atom is 0.266 e. The number of aryl methyl sites for hydroxylation is 1. The van der Waals surface area contributed by atoms with Gasteiger partial charge in [0.15, 0.2) is 4.80 Å². The summed E-state index contributed by atoms with van der Waals surface area (Å²) in [4.78, 5) is 17.8. The van der Waals surface area contributed by atoms with Crippen molar-refractivity contribution in [1.82, 2.24) is 8.87 Å². The molecule has 1 atom stereocenters. The number of nitrogens with zero attached hydrogens (tertiary/aromatic N) is 3. The molecule has 0 aliphatic carbocycles. The van der Waals surface area contributed by atoms with Crippen molar-refractivity contribution in [1.29, 1.82) is 0 Å². The maximum atomic E-state index is 12.9. The van der Waals surface area contributed by atoms with Crippen molar-refractivity contribution in [3.05, 3.63) is 16.9 Å². The molecule has 10 heteroatoms. The molecule has 3 rings (SSSR count). The number of rotatable bonds is 5. The highest BCUT2D eigenvalue weighted by molar-refractivity contribution is 7.88. The predicted octanol–water partition coefficient (Wildman–Crippen LogP) is 1.98. The lowest BCUT2D eigenvalue weighted by Gasteiger charge is -2.31. The maximum absolute atomic E-state index is 12.9. The summed E-state index contributed by atoms with van der Waals surface area (Å²) in [5.41, 5.74) is 0.810. The number of methoxy groups -OCH3 is 2. The molecule has 1 aliphatic heterocycles. The SMILES string of the molecule is CCn1c(=NC(=O)C2CCCCN2S(C)(=O)=O)sc2c(OC)ccc(OC)c21. The summed E-state index contributed by atoms with van der Waals surface area (Å²) in [6.45, 7) is 2.89. The number of ether oxygens (including phenoxy) is 2.